The van der Waals surface area contributed by atoms with E-state index in [1.54, 1.807) is 0 Å². The lowest BCUT2D eigenvalue weighted by Crippen LogP contribution is -2.46. The van der Waals surface area contributed by atoms with Crippen LogP contribution in [0.2, 0.25) is 5.02 Å². The van der Waals surface area contributed by atoms with Crippen LogP contribution >= 0.6 is 11.6 Å². The molecule has 0 aliphatic rings. The number of carbonyl (C=O) groups excluding carboxylic acids is 1. The summed E-state index contributed by atoms with van der Waals surface area (Å²) in [5, 5.41) is 3.36. The van der Waals surface area contributed by atoms with Crippen molar-refractivity contribution in [3.8, 4) is 11.5 Å². The first-order valence-corrected chi connectivity index (χ1v) is 12.0. The van der Waals surface area contributed by atoms with Gasteiger partial charge < -0.3 is 14.8 Å². The van der Waals surface area contributed by atoms with E-state index in [2.05, 4.69) is 26.1 Å². The zero-order valence-corrected chi connectivity index (χ0v) is 20.8. The smallest absolute Gasteiger partial charge is 0.232 e. The molecule has 0 spiro atoms. The maximum atomic E-state index is 12.4. The summed E-state index contributed by atoms with van der Waals surface area (Å²) in [6.07, 6.45) is 2.48. The minimum absolute atomic E-state index is 0.0774. The molecule has 1 aromatic carbocycles. The number of carbonyl (C=O) groups is 1. The summed E-state index contributed by atoms with van der Waals surface area (Å²) in [4.78, 5) is 12.4. The van der Waals surface area contributed by atoms with Crippen LogP contribution < -0.4 is 19.1 Å². The summed E-state index contributed by atoms with van der Waals surface area (Å²) < 4.78 is 36.6. The molecule has 0 aromatic heterocycles. The van der Waals surface area contributed by atoms with Crippen LogP contribution in [0.25, 0.3) is 0 Å². The normalized spacial score (nSPS) is 12.4. The van der Waals surface area contributed by atoms with Crippen molar-refractivity contribution in [1.29, 1.82) is 0 Å². The number of hydrogen-bond acceptors (Lipinski definition) is 5. The lowest BCUT2D eigenvalue weighted by atomic mass is 9.82. The predicted octanol–water partition coefficient (Wildman–Crippen LogP) is 4.23. The highest BCUT2D eigenvalue weighted by Gasteiger charge is 2.27. The van der Waals surface area contributed by atoms with Gasteiger partial charge in [-0.05, 0) is 32.1 Å². The molecule has 0 saturated heterocycles. The minimum atomic E-state index is -3.62. The summed E-state index contributed by atoms with van der Waals surface area (Å²) in [5.41, 5.74) is 0.0434. The van der Waals surface area contributed by atoms with Crippen molar-refractivity contribution < 1.29 is 22.7 Å². The van der Waals surface area contributed by atoms with E-state index in [1.807, 2.05) is 13.8 Å². The highest BCUT2D eigenvalue weighted by molar-refractivity contribution is 7.92. The van der Waals surface area contributed by atoms with Crippen molar-refractivity contribution in [2.24, 2.45) is 5.41 Å². The molecule has 7 nitrogen and oxygen atoms in total. The van der Waals surface area contributed by atoms with Gasteiger partial charge in [-0.3, -0.25) is 9.10 Å². The fourth-order valence-corrected chi connectivity index (χ4v) is 4.89. The van der Waals surface area contributed by atoms with Gasteiger partial charge >= 0.3 is 0 Å². The molecule has 1 aromatic rings. The van der Waals surface area contributed by atoms with Crippen molar-refractivity contribution in [3.63, 3.8) is 0 Å². The Bertz CT molecular complexity index is 848. The number of halogens is 1. The van der Waals surface area contributed by atoms with Gasteiger partial charge in [0.05, 0.1) is 31.2 Å². The van der Waals surface area contributed by atoms with Gasteiger partial charge in [0.1, 0.15) is 11.5 Å². The Morgan fingerprint density at radius 3 is 2.13 bits per heavy atom. The Labute approximate surface area is 186 Å². The summed E-state index contributed by atoms with van der Waals surface area (Å²) in [6, 6.07) is 3.03. The molecule has 1 amide bonds. The molecule has 0 unspecified atom stereocenters. The van der Waals surface area contributed by atoms with Crippen LogP contribution in [-0.4, -0.2) is 46.9 Å². The third-order valence-electron chi connectivity index (χ3n) is 4.34. The van der Waals surface area contributed by atoms with E-state index in [4.69, 9.17) is 21.1 Å². The number of anilines is 1. The Hall–Kier alpha value is -1.67. The molecule has 0 aliphatic heterocycles. The first-order chi connectivity index (χ1) is 13.6. The first kappa shape index (κ1) is 26.4. The molecule has 9 heteroatoms. The topological polar surface area (TPSA) is 84.9 Å². The van der Waals surface area contributed by atoms with Gasteiger partial charge in [0.2, 0.25) is 15.9 Å². The van der Waals surface area contributed by atoms with Crippen molar-refractivity contribution in [2.75, 3.05) is 31.3 Å². The molecule has 0 radical (unpaired) electrons. The van der Waals surface area contributed by atoms with Gasteiger partial charge in [0, 0.05) is 30.6 Å². The number of nitrogens with one attached hydrogen (secondary N) is 1. The Morgan fingerprint density at radius 1 is 1.10 bits per heavy atom. The summed E-state index contributed by atoms with van der Waals surface area (Å²) in [5.74, 6) is 0.531. The molecule has 1 N–H and O–H groups in total. The number of amides is 1. The van der Waals surface area contributed by atoms with Crippen molar-refractivity contribution >= 4 is 33.2 Å². The van der Waals surface area contributed by atoms with Crippen LogP contribution in [0.1, 0.15) is 53.9 Å². The van der Waals surface area contributed by atoms with E-state index in [-0.39, 0.29) is 29.8 Å². The van der Waals surface area contributed by atoms with Crippen molar-refractivity contribution in [3.05, 3.63) is 17.2 Å². The van der Waals surface area contributed by atoms with Gasteiger partial charge in [-0.1, -0.05) is 32.4 Å². The molecular weight excluding hydrogens is 428 g/mol. The molecule has 30 heavy (non-hydrogen) atoms. The van der Waals surface area contributed by atoms with Gasteiger partial charge in [-0.2, -0.15) is 0 Å². The molecule has 0 aliphatic carbocycles. The number of methoxy groups -OCH3 is 2. The third kappa shape index (κ3) is 8.22. The van der Waals surface area contributed by atoms with E-state index < -0.39 is 10.0 Å². The first-order valence-electron chi connectivity index (χ1n) is 9.80. The van der Waals surface area contributed by atoms with Gasteiger partial charge in [0.15, 0.2) is 0 Å². The molecule has 0 fully saturated rings. The highest BCUT2D eigenvalue weighted by Crippen LogP contribution is 2.39. The number of hydrogen-bond donors (Lipinski definition) is 1. The second-order valence-electron chi connectivity index (χ2n) is 9.27. The average molecular weight is 463 g/mol. The minimum Gasteiger partial charge on any atom is -0.495 e. The molecule has 1 rings (SSSR count). The second-order valence-corrected chi connectivity index (χ2v) is 11.6. The van der Waals surface area contributed by atoms with Crippen LogP contribution in [0.4, 0.5) is 5.69 Å². The Morgan fingerprint density at radius 2 is 1.67 bits per heavy atom. The average Bonchev–Trinajstić information content (AvgIpc) is 2.55. The number of rotatable bonds is 10. The van der Waals surface area contributed by atoms with Crippen LogP contribution in [0.3, 0.4) is 0 Å². The molecule has 0 bridgehead atoms. The standard InChI is InChI=1S/C21H35ClN2O5S/c1-20(2,3)14-21(4,5)23-19(25)10-9-11-24(30(8,26)27)16-13-17(28-6)15(22)12-18(16)29-7/h12-13H,9-11,14H2,1-8H3,(H,23,25). The van der Waals surface area contributed by atoms with E-state index in [9.17, 15) is 13.2 Å². The quantitative estimate of drug-likeness (QED) is 0.562. The number of benzene rings is 1. The fraction of sp³-hybridized carbons (Fsp3) is 0.667. The van der Waals surface area contributed by atoms with Gasteiger partial charge in [-0.25, -0.2) is 8.42 Å². The second kappa shape index (κ2) is 10.1. The predicted molar refractivity (Wildman–Crippen MR) is 122 cm³/mol. The van der Waals surface area contributed by atoms with E-state index in [1.165, 1.54) is 30.7 Å². The molecule has 172 valence electrons. The SMILES string of the molecule is COc1cc(N(CCCC(=O)NC(C)(C)CC(C)(C)C)S(C)(=O)=O)c(OC)cc1Cl. The zero-order chi connectivity index (χ0) is 23.3. The van der Waals surface area contributed by atoms with Crippen LogP contribution in [-0.2, 0) is 14.8 Å². The number of sulfonamides is 1. The van der Waals surface area contributed by atoms with Crippen LogP contribution in [0.15, 0.2) is 12.1 Å². The maximum absolute atomic E-state index is 12.4. The molecule has 0 saturated carbocycles. The zero-order valence-electron chi connectivity index (χ0n) is 19.3. The molecule has 0 heterocycles. The summed E-state index contributed by atoms with van der Waals surface area (Å²) >= 11 is 6.13. The Balaban J connectivity index is 2.94. The third-order valence-corrected chi connectivity index (χ3v) is 5.81. The van der Waals surface area contributed by atoms with Crippen molar-refractivity contribution in [2.45, 2.75) is 59.4 Å². The van der Waals surface area contributed by atoms with Gasteiger partial charge in [-0.15, -0.1) is 0 Å². The summed E-state index contributed by atoms with van der Waals surface area (Å²) in [7, 11) is -0.735. The van der Waals surface area contributed by atoms with E-state index >= 15 is 0 Å². The monoisotopic (exact) mass is 462 g/mol. The van der Waals surface area contributed by atoms with Crippen molar-refractivity contribution in [1.82, 2.24) is 5.32 Å². The molecular formula is C21H35ClN2O5S. The largest absolute Gasteiger partial charge is 0.495 e. The Kier molecular flexibility index (Phi) is 8.87. The van der Waals surface area contributed by atoms with E-state index in [0.717, 1.165) is 12.7 Å². The molecule has 0 atom stereocenters. The van der Waals surface area contributed by atoms with Gasteiger partial charge in [0.25, 0.3) is 0 Å². The van der Waals surface area contributed by atoms with Crippen LogP contribution in [0, 0.1) is 5.41 Å². The van der Waals surface area contributed by atoms with E-state index in [0.29, 0.717) is 28.6 Å². The lowest BCUT2D eigenvalue weighted by Gasteiger charge is -2.33. The summed E-state index contributed by atoms with van der Waals surface area (Å²) in [6.45, 7) is 10.5. The lowest BCUT2D eigenvalue weighted by molar-refractivity contribution is -0.123. The van der Waals surface area contributed by atoms with Crippen LogP contribution in [0.5, 0.6) is 11.5 Å². The highest BCUT2D eigenvalue weighted by atomic mass is 35.5. The number of ether oxygens (including phenoxy) is 2. The fourth-order valence-electron chi connectivity index (χ4n) is 3.70. The number of nitrogens with zero attached hydrogens (tertiary/aromatic N) is 1. The maximum Gasteiger partial charge on any atom is 0.232 e.